The summed E-state index contributed by atoms with van der Waals surface area (Å²) >= 11 is 0. The van der Waals surface area contributed by atoms with Gasteiger partial charge in [0.05, 0.1) is 0 Å². The Morgan fingerprint density at radius 2 is 2.08 bits per heavy atom. The average molecular weight is 166 g/mol. The van der Waals surface area contributed by atoms with Crippen LogP contribution in [0.3, 0.4) is 0 Å². The summed E-state index contributed by atoms with van der Waals surface area (Å²) in [5, 5.41) is 0. The van der Waals surface area contributed by atoms with Gasteiger partial charge in [0, 0.05) is 0 Å². The molecular weight excluding hydrogens is 144 g/mol. The predicted octanol–water partition coefficient (Wildman–Crippen LogP) is 3.71. The van der Waals surface area contributed by atoms with Crippen molar-refractivity contribution in [3.05, 3.63) is 0 Å². The maximum atomic E-state index is 2.49. The quantitative estimate of drug-likeness (QED) is 0.599. The second kappa shape index (κ2) is 2.49. The van der Waals surface area contributed by atoms with E-state index in [9.17, 15) is 0 Å². The third kappa shape index (κ3) is 1.20. The molecule has 0 aliphatic heterocycles. The Morgan fingerprint density at radius 1 is 1.50 bits per heavy atom. The second-order valence-electron chi connectivity index (χ2n) is 5.55. The minimum absolute atomic E-state index is 0.738. The zero-order valence-corrected chi connectivity index (χ0v) is 8.93. The van der Waals surface area contributed by atoms with E-state index in [0.717, 1.165) is 29.1 Å². The van der Waals surface area contributed by atoms with Crippen LogP contribution in [0.2, 0.25) is 0 Å². The van der Waals surface area contributed by atoms with E-state index in [1.54, 1.807) is 0 Å². The Hall–Kier alpha value is 0. The van der Waals surface area contributed by atoms with Crippen LogP contribution in [-0.4, -0.2) is 0 Å². The fraction of sp³-hybridized carbons (Fsp3) is 1.00. The highest BCUT2D eigenvalue weighted by Crippen LogP contribution is 2.63. The zero-order chi connectivity index (χ0) is 8.93. The van der Waals surface area contributed by atoms with E-state index in [1.807, 2.05) is 0 Å². The molecule has 12 heavy (non-hydrogen) atoms. The van der Waals surface area contributed by atoms with Gasteiger partial charge in [0.2, 0.25) is 0 Å². The minimum Gasteiger partial charge on any atom is -0.0649 e. The third-order valence-corrected chi connectivity index (χ3v) is 4.71. The van der Waals surface area contributed by atoms with Crippen molar-refractivity contribution in [2.45, 2.75) is 47.0 Å². The molecule has 2 aliphatic carbocycles. The molecule has 0 nitrogen and oxygen atoms in total. The van der Waals surface area contributed by atoms with Crippen molar-refractivity contribution in [3.8, 4) is 0 Å². The van der Waals surface area contributed by atoms with Crippen LogP contribution in [-0.2, 0) is 0 Å². The van der Waals surface area contributed by atoms with E-state index >= 15 is 0 Å². The topological polar surface area (TPSA) is 0 Å². The predicted molar refractivity (Wildman–Crippen MR) is 52.9 cm³/mol. The fourth-order valence-electron chi connectivity index (χ4n) is 3.05. The monoisotopic (exact) mass is 166 g/mol. The molecule has 2 fully saturated rings. The number of hydrogen-bond acceptors (Lipinski definition) is 0. The van der Waals surface area contributed by atoms with E-state index in [2.05, 4.69) is 27.7 Å². The van der Waals surface area contributed by atoms with Crippen LogP contribution in [0.5, 0.6) is 0 Å². The lowest BCUT2D eigenvalue weighted by molar-refractivity contribution is 0.348. The van der Waals surface area contributed by atoms with Crippen LogP contribution in [0.4, 0.5) is 0 Å². The van der Waals surface area contributed by atoms with Crippen LogP contribution < -0.4 is 0 Å². The van der Waals surface area contributed by atoms with Crippen LogP contribution >= 0.6 is 0 Å². The molecule has 0 radical (unpaired) electrons. The van der Waals surface area contributed by atoms with Gasteiger partial charge in [-0.25, -0.2) is 0 Å². The van der Waals surface area contributed by atoms with E-state index in [4.69, 9.17) is 0 Å². The molecule has 5 atom stereocenters. The van der Waals surface area contributed by atoms with Gasteiger partial charge < -0.3 is 0 Å². The van der Waals surface area contributed by atoms with E-state index in [-0.39, 0.29) is 0 Å². The second-order valence-corrected chi connectivity index (χ2v) is 5.55. The molecule has 2 aliphatic rings. The molecule has 70 valence electrons. The van der Waals surface area contributed by atoms with Crippen molar-refractivity contribution < 1.29 is 0 Å². The Morgan fingerprint density at radius 3 is 2.42 bits per heavy atom. The summed E-state index contributed by atoms with van der Waals surface area (Å²) in [5.74, 6) is 4.22. The summed E-state index contributed by atoms with van der Waals surface area (Å²) in [6.45, 7) is 9.72. The van der Waals surface area contributed by atoms with Crippen LogP contribution in [0.25, 0.3) is 0 Å². The summed E-state index contributed by atoms with van der Waals surface area (Å²) < 4.78 is 0. The highest BCUT2D eigenvalue weighted by molar-refractivity contribution is 5.04. The van der Waals surface area contributed by atoms with Gasteiger partial charge in [0.25, 0.3) is 0 Å². The SMILES string of the molecule is CCC1(C)CC1C(C)C1CC1C. The smallest absolute Gasteiger partial charge is 0.0294 e. The van der Waals surface area contributed by atoms with E-state index in [1.165, 1.54) is 19.3 Å². The molecule has 0 spiro atoms. The van der Waals surface area contributed by atoms with Crippen molar-refractivity contribution in [1.82, 2.24) is 0 Å². The van der Waals surface area contributed by atoms with Crippen molar-refractivity contribution >= 4 is 0 Å². The van der Waals surface area contributed by atoms with Gasteiger partial charge in [0.1, 0.15) is 0 Å². The lowest BCUT2D eigenvalue weighted by Gasteiger charge is -2.14. The lowest BCUT2D eigenvalue weighted by Crippen LogP contribution is -2.07. The van der Waals surface area contributed by atoms with Crippen LogP contribution in [0.1, 0.15) is 47.0 Å². The molecule has 0 aromatic heterocycles. The Labute approximate surface area is 76.7 Å². The highest BCUT2D eigenvalue weighted by atomic mass is 14.6. The Bertz CT molecular complexity index is 184. The van der Waals surface area contributed by atoms with Gasteiger partial charge in [-0.05, 0) is 41.9 Å². The largest absolute Gasteiger partial charge is 0.0649 e. The van der Waals surface area contributed by atoms with Gasteiger partial charge in [-0.2, -0.15) is 0 Å². The first kappa shape index (κ1) is 8.59. The molecule has 0 heteroatoms. The van der Waals surface area contributed by atoms with Crippen molar-refractivity contribution in [1.29, 1.82) is 0 Å². The molecule has 0 aromatic carbocycles. The van der Waals surface area contributed by atoms with Crippen molar-refractivity contribution in [2.24, 2.45) is 29.1 Å². The summed E-state index contributed by atoms with van der Waals surface area (Å²) in [4.78, 5) is 0. The number of rotatable bonds is 3. The average Bonchev–Trinajstić information content (AvgIpc) is 2.89. The molecule has 0 saturated heterocycles. The molecule has 0 heterocycles. The molecule has 0 N–H and O–H groups in total. The molecule has 0 amide bonds. The van der Waals surface area contributed by atoms with Gasteiger partial charge >= 0.3 is 0 Å². The molecule has 2 rings (SSSR count). The minimum atomic E-state index is 0.738. The van der Waals surface area contributed by atoms with Crippen LogP contribution in [0, 0.1) is 29.1 Å². The molecule has 0 bridgehead atoms. The first-order chi connectivity index (χ1) is 5.58. The third-order valence-electron chi connectivity index (χ3n) is 4.71. The van der Waals surface area contributed by atoms with Gasteiger partial charge in [0.15, 0.2) is 0 Å². The van der Waals surface area contributed by atoms with E-state index < -0.39 is 0 Å². The first-order valence-electron chi connectivity index (χ1n) is 5.58. The van der Waals surface area contributed by atoms with E-state index in [0.29, 0.717) is 0 Å². The summed E-state index contributed by atoms with van der Waals surface area (Å²) in [6, 6.07) is 0. The molecule has 5 unspecified atom stereocenters. The van der Waals surface area contributed by atoms with Crippen molar-refractivity contribution in [3.63, 3.8) is 0 Å². The van der Waals surface area contributed by atoms with Gasteiger partial charge in [-0.1, -0.05) is 34.1 Å². The molecular formula is C12H22. The Balaban J connectivity index is 1.88. The first-order valence-corrected chi connectivity index (χ1v) is 5.58. The Kier molecular flexibility index (Phi) is 1.79. The standard InChI is InChI=1S/C12H22/c1-5-12(4)7-11(12)9(3)10-6-8(10)2/h8-11H,5-7H2,1-4H3. The number of hydrogen-bond donors (Lipinski definition) is 0. The lowest BCUT2D eigenvalue weighted by atomic mass is 9.91. The van der Waals surface area contributed by atoms with Crippen LogP contribution in [0.15, 0.2) is 0 Å². The summed E-state index contributed by atoms with van der Waals surface area (Å²) in [7, 11) is 0. The highest BCUT2D eigenvalue weighted by Gasteiger charge is 2.55. The maximum Gasteiger partial charge on any atom is -0.0294 e. The fourth-order valence-corrected chi connectivity index (χ4v) is 3.05. The van der Waals surface area contributed by atoms with Gasteiger partial charge in [-0.15, -0.1) is 0 Å². The maximum absolute atomic E-state index is 2.49. The van der Waals surface area contributed by atoms with Crippen molar-refractivity contribution in [2.75, 3.05) is 0 Å². The summed E-state index contributed by atoms with van der Waals surface area (Å²) in [6.07, 6.45) is 4.41. The molecule has 0 aromatic rings. The molecule has 2 saturated carbocycles. The van der Waals surface area contributed by atoms with Gasteiger partial charge in [-0.3, -0.25) is 0 Å². The summed E-state index contributed by atoms with van der Waals surface area (Å²) in [5.41, 5.74) is 0.738. The normalized spacial score (nSPS) is 53.5. The zero-order valence-electron chi connectivity index (χ0n) is 8.93.